The van der Waals surface area contributed by atoms with Gasteiger partial charge in [0.1, 0.15) is 0 Å². The van der Waals surface area contributed by atoms with Crippen LogP contribution < -0.4 is 0 Å². The molecule has 0 radical (unpaired) electrons. The van der Waals surface area contributed by atoms with Crippen LogP contribution in [0, 0.1) is 6.92 Å². The smallest absolute Gasteiger partial charge is 0.0831 e. The molecule has 4 heteroatoms. The summed E-state index contributed by atoms with van der Waals surface area (Å²) >= 11 is 0. The Morgan fingerprint density at radius 2 is 2.06 bits per heavy atom. The van der Waals surface area contributed by atoms with Crippen molar-refractivity contribution in [2.75, 3.05) is 0 Å². The second-order valence-electron chi connectivity index (χ2n) is 3.93. The van der Waals surface area contributed by atoms with Gasteiger partial charge in [0.15, 0.2) is 0 Å². The zero-order valence-electron chi connectivity index (χ0n) is 10.1. The van der Waals surface area contributed by atoms with Crippen LogP contribution in [0.4, 0.5) is 0 Å². The van der Waals surface area contributed by atoms with Gasteiger partial charge < -0.3 is 0 Å². The van der Waals surface area contributed by atoms with E-state index in [-0.39, 0.29) is 0 Å². The predicted molar refractivity (Wildman–Crippen MR) is 63.3 cm³/mol. The van der Waals surface area contributed by atoms with Crippen LogP contribution in [0.2, 0.25) is 0 Å². The number of hydrogen-bond donors (Lipinski definition) is 0. The summed E-state index contributed by atoms with van der Waals surface area (Å²) in [4.78, 5) is 0. The van der Waals surface area contributed by atoms with Crippen molar-refractivity contribution >= 4 is 0 Å². The van der Waals surface area contributed by atoms with Crippen LogP contribution in [0.5, 0.6) is 0 Å². The normalized spacial score (nSPS) is 10.9. The van der Waals surface area contributed by atoms with E-state index in [0.717, 1.165) is 25.2 Å². The molecule has 0 unspecified atom stereocenters. The molecule has 0 N–H and O–H groups in total. The molecule has 0 fully saturated rings. The van der Waals surface area contributed by atoms with Gasteiger partial charge in [0, 0.05) is 18.4 Å². The zero-order chi connectivity index (χ0) is 11.5. The standard InChI is InChI=1S/C12H18N4/c1-4-11-8-12(15(5-2)14-11)9-16-10(3)6-7-13-16/h6-8H,4-5,9H2,1-3H3. The van der Waals surface area contributed by atoms with E-state index in [2.05, 4.69) is 41.7 Å². The molecule has 0 aromatic carbocycles. The Morgan fingerprint density at radius 3 is 2.62 bits per heavy atom. The fourth-order valence-corrected chi connectivity index (χ4v) is 1.81. The summed E-state index contributed by atoms with van der Waals surface area (Å²) < 4.78 is 4.06. The second kappa shape index (κ2) is 4.51. The first kappa shape index (κ1) is 10.9. The van der Waals surface area contributed by atoms with E-state index in [1.54, 1.807) is 0 Å². The highest BCUT2D eigenvalue weighted by Gasteiger charge is 2.07. The average molecular weight is 218 g/mol. The fraction of sp³-hybridized carbons (Fsp3) is 0.500. The molecule has 0 atom stereocenters. The summed E-state index contributed by atoms with van der Waals surface area (Å²) in [5.74, 6) is 0. The molecule has 0 aliphatic rings. The van der Waals surface area contributed by atoms with Crippen LogP contribution in [0.1, 0.15) is 30.9 Å². The van der Waals surface area contributed by atoms with Gasteiger partial charge in [-0.05, 0) is 32.4 Å². The van der Waals surface area contributed by atoms with Gasteiger partial charge in [-0.3, -0.25) is 9.36 Å². The minimum absolute atomic E-state index is 0.805. The number of rotatable bonds is 4. The van der Waals surface area contributed by atoms with Crippen molar-refractivity contribution in [1.29, 1.82) is 0 Å². The van der Waals surface area contributed by atoms with E-state index in [1.807, 2.05) is 16.9 Å². The average Bonchev–Trinajstić information content (AvgIpc) is 2.86. The minimum Gasteiger partial charge on any atom is -0.268 e. The van der Waals surface area contributed by atoms with Crippen molar-refractivity contribution in [3.05, 3.63) is 35.4 Å². The lowest BCUT2D eigenvalue weighted by Crippen LogP contribution is -2.09. The van der Waals surface area contributed by atoms with Crippen molar-refractivity contribution in [1.82, 2.24) is 19.6 Å². The van der Waals surface area contributed by atoms with Crippen molar-refractivity contribution in [2.24, 2.45) is 0 Å². The molecule has 2 heterocycles. The Balaban J connectivity index is 2.26. The first-order valence-corrected chi connectivity index (χ1v) is 5.78. The summed E-state index contributed by atoms with van der Waals surface area (Å²) in [6.07, 6.45) is 2.82. The van der Waals surface area contributed by atoms with Crippen LogP contribution in [0.3, 0.4) is 0 Å². The summed E-state index contributed by atoms with van der Waals surface area (Å²) in [6.45, 7) is 8.03. The number of nitrogens with zero attached hydrogens (tertiary/aromatic N) is 4. The third kappa shape index (κ3) is 2.01. The minimum atomic E-state index is 0.805. The quantitative estimate of drug-likeness (QED) is 0.787. The third-order valence-electron chi connectivity index (χ3n) is 2.82. The Hall–Kier alpha value is -1.58. The van der Waals surface area contributed by atoms with Crippen LogP contribution >= 0.6 is 0 Å². The number of aromatic nitrogens is 4. The molecule has 0 bridgehead atoms. The molecule has 0 amide bonds. The van der Waals surface area contributed by atoms with E-state index in [1.165, 1.54) is 11.4 Å². The molecule has 0 saturated carbocycles. The molecule has 16 heavy (non-hydrogen) atoms. The monoisotopic (exact) mass is 218 g/mol. The van der Waals surface area contributed by atoms with Gasteiger partial charge in [-0.25, -0.2) is 0 Å². The van der Waals surface area contributed by atoms with E-state index >= 15 is 0 Å². The molecule has 0 aliphatic heterocycles. The highest BCUT2D eigenvalue weighted by atomic mass is 15.3. The maximum absolute atomic E-state index is 4.53. The molecule has 2 aromatic heterocycles. The Labute approximate surface area is 95.9 Å². The van der Waals surface area contributed by atoms with Crippen molar-refractivity contribution in [2.45, 2.75) is 40.3 Å². The first-order valence-electron chi connectivity index (χ1n) is 5.78. The SMILES string of the molecule is CCc1cc(Cn2nccc2C)n(CC)n1. The van der Waals surface area contributed by atoms with Crippen LogP contribution in [-0.2, 0) is 19.5 Å². The van der Waals surface area contributed by atoms with Crippen molar-refractivity contribution in [3.63, 3.8) is 0 Å². The van der Waals surface area contributed by atoms with Gasteiger partial charge in [-0.2, -0.15) is 10.2 Å². The Morgan fingerprint density at radius 1 is 1.25 bits per heavy atom. The number of aryl methyl sites for hydroxylation is 3. The molecule has 2 rings (SSSR count). The highest BCUT2D eigenvalue weighted by molar-refractivity contribution is 5.12. The van der Waals surface area contributed by atoms with Gasteiger partial charge in [-0.1, -0.05) is 6.92 Å². The third-order valence-corrected chi connectivity index (χ3v) is 2.82. The first-order chi connectivity index (χ1) is 7.74. The van der Waals surface area contributed by atoms with Gasteiger partial charge in [0.05, 0.1) is 17.9 Å². The lowest BCUT2D eigenvalue weighted by molar-refractivity contribution is 0.567. The van der Waals surface area contributed by atoms with Gasteiger partial charge in [-0.15, -0.1) is 0 Å². The zero-order valence-corrected chi connectivity index (χ0v) is 10.1. The lowest BCUT2D eigenvalue weighted by atomic mass is 10.3. The highest BCUT2D eigenvalue weighted by Crippen LogP contribution is 2.08. The molecule has 86 valence electrons. The van der Waals surface area contributed by atoms with E-state index in [0.29, 0.717) is 0 Å². The Bertz CT molecular complexity index is 467. The van der Waals surface area contributed by atoms with Gasteiger partial charge in [0.25, 0.3) is 0 Å². The molecule has 0 saturated heterocycles. The van der Waals surface area contributed by atoms with Crippen LogP contribution in [0.15, 0.2) is 18.3 Å². The summed E-state index contributed by atoms with van der Waals surface area (Å²) in [5, 5.41) is 8.83. The molecular weight excluding hydrogens is 200 g/mol. The summed E-state index contributed by atoms with van der Waals surface area (Å²) in [6, 6.07) is 4.19. The molecule has 0 spiro atoms. The van der Waals surface area contributed by atoms with Crippen LogP contribution in [0.25, 0.3) is 0 Å². The van der Waals surface area contributed by atoms with E-state index < -0.39 is 0 Å². The second-order valence-corrected chi connectivity index (χ2v) is 3.93. The number of hydrogen-bond acceptors (Lipinski definition) is 2. The molecule has 0 aliphatic carbocycles. The van der Waals surface area contributed by atoms with Gasteiger partial charge in [0.2, 0.25) is 0 Å². The molecule has 2 aromatic rings. The lowest BCUT2D eigenvalue weighted by Gasteiger charge is -2.06. The summed E-state index contributed by atoms with van der Waals surface area (Å²) in [7, 11) is 0. The topological polar surface area (TPSA) is 35.6 Å². The van der Waals surface area contributed by atoms with Gasteiger partial charge >= 0.3 is 0 Å². The maximum Gasteiger partial charge on any atom is 0.0831 e. The predicted octanol–water partition coefficient (Wildman–Crippen LogP) is 2.02. The largest absolute Gasteiger partial charge is 0.268 e. The van der Waals surface area contributed by atoms with Crippen molar-refractivity contribution in [3.8, 4) is 0 Å². The van der Waals surface area contributed by atoms with E-state index in [4.69, 9.17) is 0 Å². The Kier molecular flexibility index (Phi) is 3.08. The van der Waals surface area contributed by atoms with Crippen LogP contribution in [-0.4, -0.2) is 19.6 Å². The summed E-state index contributed by atoms with van der Waals surface area (Å²) in [5.41, 5.74) is 3.56. The maximum atomic E-state index is 4.53. The fourth-order valence-electron chi connectivity index (χ4n) is 1.81. The van der Waals surface area contributed by atoms with Crippen molar-refractivity contribution < 1.29 is 0 Å². The molecule has 4 nitrogen and oxygen atoms in total. The van der Waals surface area contributed by atoms with E-state index in [9.17, 15) is 0 Å². The molecular formula is C12H18N4.